The van der Waals surface area contributed by atoms with Gasteiger partial charge in [0.1, 0.15) is 26.3 Å². The lowest BCUT2D eigenvalue weighted by Crippen LogP contribution is -2.38. The lowest BCUT2D eigenvalue weighted by atomic mass is 9.87. The van der Waals surface area contributed by atoms with Gasteiger partial charge in [0.15, 0.2) is 0 Å². The fourth-order valence-electron chi connectivity index (χ4n) is 2.08. The van der Waals surface area contributed by atoms with Crippen molar-refractivity contribution in [2.75, 3.05) is 39.5 Å². The largest absolute Gasteiger partial charge is 0.465 e. The van der Waals surface area contributed by atoms with Crippen molar-refractivity contribution in [3.63, 3.8) is 0 Å². The topological polar surface area (TPSA) is 129 Å². The van der Waals surface area contributed by atoms with Crippen molar-refractivity contribution in [2.45, 2.75) is 40.5 Å². The van der Waals surface area contributed by atoms with Crippen LogP contribution in [0.25, 0.3) is 0 Å². The molecule has 0 radical (unpaired) electrons. The molecule has 0 aliphatic carbocycles. The minimum absolute atomic E-state index is 0.0132. The van der Waals surface area contributed by atoms with Crippen molar-refractivity contribution in [3.05, 3.63) is 0 Å². The molecule has 156 valence electrons. The summed E-state index contributed by atoms with van der Waals surface area (Å²) in [4.78, 5) is 45.7. The molecular weight excluding hydrogens is 360 g/mol. The fraction of sp³-hybridized carbons (Fsp3) is 0.765. The van der Waals surface area contributed by atoms with Gasteiger partial charge in [0.2, 0.25) is 0 Å². The van der Waals surface area contributed by atoms with E-state index in [0.29, 0.717) is 6.42 Å². The minimum atomic E-state index is -0.767. The Morgan fingerprint density at radius 3 is 1.48 bits per heavy atom. The molecule has 0 unspecified atom stereocenters. The zero-order valence-electron chi connectivity index (χ0n) is 16.4. The van der Waals surface area contributed by atoms with Gasteiger partial charge in [0.25, 0.3) is 0 Å². The number of hydrogen-bond acceptors (Lipinski definition) is 8. The van der Waals surface area contributed by atoms with E-state index in [-0.39, 0.29) is 39.5 Å². The fourth-order valence-corrected chi connectivity index (χ4v) is 2.08. The predicted molar refractivity (Wildman–Crippen MR) is 95.0 cm³/mol. The Balaban J connectivity index is 4.32. The molecule has 0 atom stereocenters. The summed E-state index contributed by atoms with van der Waals surface area (Å²) in [6.45, 7) is 6.91. The van der Waals surface area contributed by atoms with Gasteiger partial charge in [-0.05, 0) is 20.3 Å². The number of amides is 2. The third-order valence-corrected chi connectivity index (χ3v) is 3.32. The second-order valence-corrected chi connectivity index (χ2v) is 6.03. The van der Waals surface area contributed by atoms with Gasteiger partial charge >= 0.3 is 24.1 Å². The highest BCUT2D eigenvalue weighted by Gasteiger charge is 2.28. The summed E-state index contributed by atoms with van der Waals surface area (Å²) < 4.78 is 19.6. The average Bonchev–Trinajstić information content (AvgIpc) is 2.62. The Labute approximate surface area is 159 Å². The van der Waals surface area contributed by atoms with E-state index in [1.54, 1.807) is 20.8 Å². The summed E-state index contributed by atoms with van der Waals surface area (Å²) in [5.41, 5.74) is -0.614. The number of carbonyl (C=O) groups is 4. The van der Waals surface area contributed by atoms with Gasteiger partial charge in [-0.15, -0.1) is 0 Å². The number of nitrogens with one attached hydrogen (secondary N) is 2. The van der Waals surface area contributed by atoms with Gasteiger partial charge in [0.05, 0.1) is 13.2 Å². The van der Waals surface area contributed by atoms with Crippen molar-refractivity contribution in [2.24, 2.45) is 5.41 Å². The molecule has 0 saturated heterocycles. The zero-order valence-corrected chi connectivity index (χ0v) is 16.4. The Kier molecular flexibility index (Phi) is 12.4. The van der Waals surface area contributed by atoms with Crippen LogP contribution in [0, 0.1) is 5.41 Å². The van der Waals surface area contributed by atoms with Crippen LogP contribution in [0.2, 0.25) is 0 Å². The van der Waals surface area contributed by atoms with Crippen LogP contribution < -0.4 is 10.6 Å². The van der Waals surface area contributed by atoms with Gasteiger partial charge in [-0.25, -0.2) is 9.59 Å². The Bertz CT molecular complexity index is 457. The van der Waals surface area contributed by atoms with Gasteiger partial charge in [-0.1, -0.05) is 20.3 Å². The molecular formula is C17H30N2O8. The van der Waals surface area contributed by atoms with Crippen molar-refractivity contribution in [3.8, 4) is 0 Å². The van der Waals surface area contributed by atoms with Crippen molar-refractivity contribution in [1.82, 2.24) is 10.6 Å². The number of ether oxygens (including phenoxy) is 4. The van der Waals surface area contributed by atoms with Gasteiger partial charge in [-0.3, -0.25) is 9.59 Å². The molecule has 0 aliphatic rings. The molecule has 0 rings (SSSR count). The van der Waals surface area contributed by atoms with E-state index in [2.05, 4.69) is 20.1 Å². The second kappa shape index (κ2) is 13.7. The number of carbonyl (C=O) groups excluding carboxylic acids is 4. The monoisotopic (exact) mass is 390 g/mol. The molecule has 0 aliphatic heterocycles. The molecule has 0 aromatic rings. The lowest BCUT2D eigenvalue weighted by Gasteiger charge is -2.28. The highest BCUT2D eigenvalue weighted by molar-refractivity contribution is 5.78. The first kappa shape index (κ1) is 24.5. The van der Waals surface area contributed by atoms with E-state index >= 15 is 0 Å². The maximum atomic E-state index is 11.7. The standard InChI is InChI=1S/C17H30N2O8/c1-5-8-17(4,11-26-15(22)18-9-13(20)24-6-2)12-27-16(23)19-10-14(21)25-7-3/h5-12H2,1-4H3,(H,18,22)(H,19,23). The van der Waals surface area contributed by atoms with Gasteiger partial charge < -0.3 is 29.6 Å². The Morgan fingerprint density at radius 2 is 1.15 bits per heavy atom. The van der Waals surface area contributed by atoms with E-state index in [1.165, 1.54) is 0 Å². The Morgan fingerprint density at radius 1 is 0.741 bits per heavy atom. The molecule has 10 heteroatoms. The maximum absolute atomic E-state index is 11.7. The van der Waals surface area contributed by atoms with Crippen LogP contribution in [0.1, 0.15) is 40.5 Å². The minimum Gasteiger partial charge on any atom is -0.465 e. The molecule has 0 aromatic carbocycles. The van der Waals surface area contributed by atoms with E-state index in [9.17, 15) is 19.2 Å². The van der Waals surface area contributed by atoms with Crippen molar-refractivity contribution >= 4 is 24.1 Å². The third-order valence-electron chi connectivity index (χ3n) is 3.32. The second-order valence-electron chi connectivity index (χ2n) is 6.03. The van der Waals surface area contributed by atoms with Gasteiger partial charge in [0, 0.05) is 5.41 Å². The summed E-state index contributed by atoms with van der Waals surface area (Å²) in [5.74, 6) is -1.13. The lowest BCUT2D eigenvalue weighted by molar-refractivity contribution is -0.142. The summed E-state index contributed by atoms with van der Waals surface area (Å²) in [5, 5.41) is 4.57. The molecule has 27 heavy (non-hydrogen) atoms. The maximum Gasteiger partial charge on any atom is 0.407 e. The van der Waals surface area contributed by atoms with Crippen LogP contribution in [-0.4, -0.2) is 63.6 Å². The smallest absolute Gasteiger partial charge is 0.407 e. The van der Waals surface area contributed by atoms with Crippen molar-refractivity contribution < 1.29 is 38.1 Å². The predicted octanol–water partition coefficient (Wildman–Crippen LogP) is 1.37. The number of rotatable bonds is 12. The third kappa shape index (κ3) is 12.5. The first-order chi connectivity index (χ1) is 12.8. The molecule has 2 amide bonds. The summed E-state index contributed by atoms with van der Waals surface area (Å²) in [6.07, 6.45) is -0.129. The van der Waals surface area contributed by atoms with Crippen LogP contribution in [-0.2, 0) is 28.5 Å². The average molecular weight is 390 g/mol. The zero-order chi connectivity index (χ0) is 20.7. The first-order valence-electron chi connectivity index (χ1n) is 8.88. The van der Waals surface area contributed by atoms with Crippen molar-refractivity contribution in [1.29, 1.82) is 0 Å². The SMILES string of the molecule is CCCC(C)(COC(=O)NCC(=O)OCC)COC(=O)NCC(=O)OCC. The summed E-state index contributed by atoms with van der Waals surface area (Å²) in [6, 6.07) is 0. The first-order valence-corrected chi connectivity index (χ1v) is 8.88. The Hall–Kier alpha value is -2.52. The molecule has 0 fully saturated rings. The van der Waals surface area contributed by atoms with E-state index < -0.39 is 29.5 Å². The molecule has 0 aromatic heterocycles. The summed E-state index contributed by atoms with van der Waals surface area (Å²) >= 11 is 0. The molecule has 0 saturated carbocycles. The number of hydrogen-bond donors (Lipinski definition) is 2. The van der Waals surface area contributed by atoms with Gasteiger partial charge in [-0.2, -0.15) is 0 Å². The summed E-state index contributed by atoms with van der Waals surface area (Å²) in [7, 11) is 0. The van der Waals surface area contributed by atoms with Crippen LogP contribution in [0.5, 0.6) is 0 Å². The van der Waals surface area contributed by atoms with E-state index in [4.69, 9.17) is 9.47 Å². The van der Waals surface area contributed by atoms with E-state index in [0.717, 1.165) is 6.42 Å². The molecule has 10 nitrogen and oxygen atoms in total. The highest BCUT2D eigenvalue weighted by atomic mass is 16.6. The molecule has 0 spiro atoms. The highest BCUT2D eigenvalue weighted by Crippen LogP contribution is 2.24. The van der Waals surface area contributed by atoms with Crippen LogP contribution in [0.4, 0.5) is 9.59 Å². The normalized spacial score (nSPS) is 10.5. The van der Waals surface area contributed by atoms with Crippen LogP contribution >= 0.6 is 0 Å². The molecule has 0 bridgehead atoms. The quantitative estimate of drug-likeness (QED) is 0.378. The molecule has 0 heterocycles. The number of esters is 2. The number of alkyl carbamates (subject to hydrolysis) is 2. The van der Waals surface area contributed by atoms with Crippen LogP contribution in [0.15, 0.2) is 0 Å². The van der Waals surface area contributed by atoms with E-state index in [1.807, 2.05) is 6.92 Å². The van der Waals surface area contributed by atoms with Crippen LogP contribution in [0.3, 0.4) is 0 Å². The molecule has 2 N–H and O–H groups in total.